The number of nitrogens with zero attached hydrogens (tertiary/aromatic N) is 1. The zero-order valence-corrected chi connectivity index (χ0v) is 8.57. The van der Waals surface area contributed by atoms with Crippen molar-refractivity contribution in [3.63, 3.8) is 0 Å². The molecule has 2 aromatic heterocycles. The van der Waals surface area contributed by atoms with Crippen LogP contribution in [-0.4, -0.2) is 18.1 Å². The van der Waals surface area contributed by atoms with Gasteiger partial charge in [0.05, 0.1) is 6.26 Å². The second-order valence-corrected chi connectivity index (χ2v) is 4.09. The normalized spacial score (nSPS) is 22.0. The summed E-state index contributed by atoms with van der Waals surface area (Å²) in [4.78, 5) is 4.21. The van der Waals surface area contributed by atoms with Gasteiger partial charge in [-0.2, -0.15) is 0 Å². The first-order valence-electron chi connectivity index (χ1n) is 5.48. The molecule has 0 amide bonds. The molecule has 0 radical (unpaired) electrons. The fourth-order valence-electron chi connectivity index (χ4n) is 2.32. The van der Waals surface area contributed by atoms with Crippen LogP contribution in [0.4, 0.5) is 0 Å². The molecule has 78 valence electrons. The fourth-order valence-corrected chi connectivity index (χ4v) is 2.32. The van der Waals surface area contributed by atoms with Crippen molar-refractivity contribution in [2.45, 2.75) is 18.8 Å². The molecule has 1 N–H and O–H groups in total. The lowest BCUT2D eigenvalue weighted by Crippen LogP contribution is -2.28. The summed E-state index contributed by atoms with van der Waals surface area (Å²) in [6.45, 7) is 2.20. The van der Waals surface area contributed by atoms with Crippen LogP contribution in [0, 0.1) is 0 Å². The average molecular weight is 202 g/mol. The predicted octanol–water partition coefficient (Wildman–Crippen LogP) is 2.29. The quantitative estimate of drug-likeness (QED) is 0.771. The van der Waals surface area contributed by atoms with Gasteiger partial charge >= 0.3 is 0 Å². The first-order valence-corrected chi connectivity index (χ1v) is 5.48. The SMILES string of the molecule is c1cnc2occ(C3CCCNC3)c2c1. The first kappa shape index (κ1) is 8.92. The number of hydrogen-bond donors (Lipinski definition) is 1. The average Bonchev–Trinajstić information content (AvgIpc) is 2.74. The summed E-state index contributed by atoms with van der Waals surface area (Å²) in [6, 6.07) is 4.06. The number of rotatable bonds is 1. The number of pyridine rings is 1. The van der Waals surface area contributed by atoms with Crippen molar-refractivity contribution in [1.29, 1.82) is 0 Å². The van der Waals surface area contributed by atoms with Crippen LogP contribution >= 0.6 is 0 Å². The van der Waals surface area contributed by atoms with E-state index in [4.69, 9.17) is 4.42 Å². The third-order valence-corrected chi connectivity index (χ3v) is 3.12. The Bertz CT molecular complexity index is 457. The molecule has 1 atom stereocenters. The maximum absolute atomic E-state index is 5.46. The smallest absolute Gasteiger partial charge is 0.226 e. The topological polar surface area (TPSA) is 38.1 Å². The molecular formula is C12H14N2O. The van der Waals surface area contributed by atoms with Gasteiger partial charge in [0.25, 0.3) is 0 Å². The summed E-state index contributed by atoms with van der Waals surface area (Å²) in [5, 5.41) is 4.60. The zero-order chi connectivity index (χ0) is 10.1. The van der Waals surface area contributed by atoms with Crippen LogP contribution in [0.25, 0.3) is 11.1 Å². The van der Waals surface area contributed by atoms with Crippen LogP contribution in [0.15, 0.2) is 29.0 Å². The summed E-state index contributed by atoms with van der Waals surface area (Å²) in [5.74, 6) is 0.587. The van der Waals surface area contributed by atoms with Crippen molar-refractivity contribution >= 4 is 11.1 Å². The molecule has 15 heavy (non-hydrogen) atoms. The van der Waals surface area contributed by atoms with Crippen molar-refractivity contribution in [3.8, 4) is 0 Å². The zero-order valence-electron chi connectivity index (χ0n) is 8.57. The molecule has 0 aromatic carbocycles. The maximum Gasteiger partial charge on any atom is 0.226 e. The summed E-state index contributed by atoms with van der Waals surface area (Å²) >= 11 is 0. The number of aromatic nitrogens is 1. The molecule has 1 fully saturated rings. The minimum atomic E-state index is 0.587. The predicted molar refractivity (Wildman–Crippen MR) is 58.9 cm³/mol. The van der Waals surface area contributed by atoms with E-state index < -0.39 is 0 Å². The third kappa shape index (κ3) is 1.53. The van der Waals surface area contributed by atoms with E-state index in [1.165, 1.54) is 23.8 Å². The Hall–Kier alpha value is -1.35. The molecule has 3 nitrogen and oxygen atoms in total. The molecule has 0 spiro atoms. The minimum absolute atomic E-state index is 0.587. The fraction of sp³-hybridized carbons (Fsp3) is 0.417. The van der Waals surface area contributed by atoms with Crippen LogP contribution in [0.3, 0.4) is 0 Å². The van der Waals surface area contributed by atoms with E-state index in [1.54, 1.807) is 6.20 Å². The highest BCUT2D eigenvalue weighted by atomic mass is 16.3. The molecule has 0 aliphatic carbocycles. The number of hydrogen-bond acceptors (Lipinski definition) is 3. The van der Waals surface area contributed by atoms with Crippen LogP contribution in [0.5, 0.6) is 0 Å². The molecular weight excluding hydrogens is 188 g/mol. The molecule has 0 saturated carbocycles. The Balaban J connectivity index is 2.02. The summed E-state index contributed by atoms with van der Waals surface area (Å²) in [6.07, 6.45) is 6.14. The molecule has 3 heteroatoms. The Labute approximate surface area is 88.5 Å². The molecule has 1 unspecified atom stereocenters. The van der Waals surface area contributed by atoms with Gasteiger partial charge in [-0.05, 0) is 31.5 Å². The Kier molecular flexibility index (Phi) is 2.18. The van der Waals surface area contributed by atoms with Crippen molar-refractivity contribution in [1.82, 2.24) is 10.3 Å². The number of nitrogens with one attached hydrogen (secondary N) is 1. The highest BCUT2D eigenvalue weighted by Crippen LogP contribution is 2.30. The van der Waals surface area contributed by atoms with E-state index in [9.17, 15) is 0 Å². The van der Waals surface area contributed by atoms with E-state index in [1.807, 2.05) is 12.3 Å². The van der Waals surface area contributed by atoms with Crippen molar-refractivity contribution in [2.75, 3.05) is 13.1 Å². The molecule has 2 aromatic rings. The first-order chi connectivity index (χ1) is 7.45. The molecule has 3 heterocycles. The summed E-state index contributed by atoms with van der Waals surface area (Å²) in [7, 11) is 0. The van der Waals surface area contributed by atoms with Crippen molar-refractivity contribution in [3.05, 3.63) is 30.2 Å². The van der Waals surface area contributed by atoms with E-state index in [-0.39, 0.29) is 0 Å². The Morgan fingerprint density at radius 1 is 1.47 bits per heavy atom. The second kappa shape index (κ2) is 3.66. The number of furan rings is 1. The molecule has 3 rings (SSSR count). The monoisotopic (exact) mass is 202 g/mol. The van der Waals surface area contributed by atoms with Crippen molar-refractivity contribution in [2.24, 2.45) is 0 Å². The van der Waals surface area contributed by atoms with Gasteiger partial charge in [-0.15, -0.1) is 0 Å². The summed E-state index contributed by atoms with van der Waals surface area (Å²) < 4.78 is 5.46. The van der Waals surface area contributed by atoms with E-state index >= 15 is 0 Å². The van der Waals surface area contributed by atoms with Crippen LogP contribution in [-0.2, 0) is 0 Å². The molecule has 0 bridgehead atoms. The lowest BCUT2D eigenvalue weighted by molar-refractivity contribution is 0.458. The van der Waals surface area contributed by atoms with Gasteiger partial charge < -0.3 is 9.73 Å². The van der Waals surface area contributed by atoms with Crippen LogP contribution in [0.1, 0.15) is 24.3 Å². The van der Waals surface area contributed by atoms with Gasteiger partial charge in [0, 0.05) is 29.6 Å². The van der Waals surface area contributed by atoms with Gasteiger partial charge in [-0.3, -0.25) is 0 Å². The number of fused-ring (bicyclic) bond motifs is 1. The molecule has 1 aliphatic rings. The minimum Gasteiger partial charge on any atom is -0.446 e. The van der Waals surface area contributed by atoms with E-state index in [0.717, 1.165) is 18.8 Å². The standard InChI is InChI=1S/C12H14N2O/c1-3-9(7-13-5-1)11-8-15-12-10(11)4-2-6-14-12/h2,4,6,8-9,13H,1,3,5,7H2. The van der Waals surface area contributed by atoms with Gasteiger partial charge in [0.2, 0.25) is 5.71 Å². The Morgan fingerprint density at radius 3 is 3.33 bits per heavy atom. The molecule has 1 saturated heterocycles. The van der Waals surface area contributed by atoms with Crippen LogP contribution < -0.4 is 5.32 Å². The molecule has 1 aliphatic heterocycles. The summed E-state index contributed by atoms with van der Waals surface area (Å²) in [5.41, 5.74) is 2.07. The largest absolute Gasteiger partial charge is 0.446 e. The van der Waals surface area contributed by atoms with Gasteiger partial charge in [0.15, 0.2) is 0 Å². The van der Waals surface area contributed by atoms with E-state index in [0.29, 0.717) is 5.92 Å². The van der Waals surface area contributed by atoms with Gasteiger partial charge in [-0.25, -0.2) is 4.98 Å². The lowest BCUT2D eigenvalue weighted by Gasteiger charge is -2.21. The van der Waals surface area contributed by atoms with Gasteiger partial charge in [-0.1, -0.05) is 0 Å². The van der Waals surface area contributed by atoms with E-state index in [2.05, 4.69) is 16.4 Å². The third-order valence-electron chi connectivity index (χ3n) is 3.12. The number of piperidine rings is 1. The van der Waals surface area contributed by atoms with Crippen molar-refractivity contribution < 1.29 is 4.42 Å². The van der Waals surface area contributed by atoms with Gasteiger partial charge in [0.1, 0.15) is 0 Å². The lowest BCUT2D eigenvalue weighted by atomic mass is 9.92. The highest BCUT2D eigenvalue weighted by Gasteiger charge is 2.19. The maximum atomic E-state index is 5.46. The Morgan fingerprint density at radius 2 is 2.47 bits per heavy atom. The van der Waals surface area contributed by atoms with Crippen LogP contribution in [0.2, 0.25) is 0 Å². The second-order valence-electron chi connectivity index (χ2n) is 4.09. The highest BCUT2D eigenvalue weighted by molar-refractivity contribution is 5.78.